The van der Waals surface area contributed by atoms with Crippen LogP contribution in [-0.2, 0) is 17.8 Å². The molecule has 1 saturated carbocycles. The van der Waals surface area contributed by atoms with Gasteiger partial charge in [0.2, 0.25) is 0 Å². The predicted molar refractivity (Wildman–Crippen MR) is 122 cm³/mol. The summed E-state index contributed by atoms with van der Waals surface area (Å²) in [4.78, 5) is 21.8. The summed E-state index contributed by atoms with van der Waals surface area (Å²) in [6, 6.07) is 2.32. The maximum absolute atomic E-state index is 12.7. The molecule has 1 atom stereocenters. The second-order valence-corrected chi connectivity index (χ2v) is 10.2. The summed E-state index contributed by atoms with van der Waals surface area (Å²) in [7, 11) is 0. The third kappa shape index (κ3) is 4.41. The Morgan fingerprint density at radius 3 is 2.72 bits per heavy atom. The lowest BCUT2D eigenvalue weighted by Crippen LogP contribution is -2.60. The zero-order chi connectivity index (χ0) is 23.0. The van der Waals surface area contributed by atoms with Crippen molar-refractivity contribution < 1.29 is 14.6 Å². The number of nitrogens with one attached hydrogen (secondary N) is 1. The Hall–Kier alpha value is -2.37. The quantitative estimate of drug-likeness (QED) is 0.728. The molecule has 0 bridgehead atoms. The molecule has 3 heterocycles. The molecule has 2 fully saturated rings. The van der Waals surface area contributed by atoms with Crippen LogP contribution >= 0.6 is 0 Å². The average molecular weight is 442 g/mol. The van der Waals surface area contributed by atoms with Gasteiger partial charge in [0.1, 0.15) is 11.9 Å². The van der Waals surface area contributed by atoms with Gasteiger partial charge in [0, 0.05) is 44.1 Å². The van der Waals surface area contributed by atoms with E-state index >= 15 is 0 Å². The van der Waals surface area contributed by atoms with Crippen LogP contribution in [0.1, 0.15) is 68.8 Å². The first-order valence-electron chi connectivity index (χ1n) is 11.8. The summed E-state index contributed by atoms with van der Waals surface area (Å²) in [6.45, 7) is 10.9. The highest BCUT2D eigenvalue weighted by molar-refractivity contribution is 5.75. The first kappa shape index (κ1) is 22.8. The standard InChI is InChI=1S/C24H35N5O3/c1-15(2)20-13-28(8-9-29(20)23(31)26-7-10-30)22-18(12-25)17-11-24(3,4)32-14-19(17)21(27-22)16-5-6-16/h15-16,20,30H,5-11,13-14H2,1-4H3,(H,26,31)/t20-/m0/s1. The van der Waals surface area contributed by atoms with Crippen LogP contribution in [0.25, 0.3) is 0 Å². The van der Waals surface area contributed by atoms with Gasteiger partial charge in [-0.3, -0.25) is 0 Å². The molecule has 2 amide bonds. The van der Waals surface area contributed by atoms with Crippen molar-refractivity contribution in [1.82, 2.24) is 15.2 Å². The molecule has 32 heavy (non-hydrogen) atoms. The van der Waals surface area contributed by atoms with Gasteiger partial charge in [0.05, 0.1) is 36.1 Å². The molecule has 4 rings (SSSR count). The van der Waals surface area contributed by atoms with Crippen LogP contribution in [0, 0.1) is 17.2 Å². The Labute approximate surface area is 190 Å². The predicted octanol–water partition coefficient (Wildman–Crippen LogP) is 2.53. The van der Waals surface area contributed by atoms with Crippen molar-refractivity contribution >= 4 is 11.8 Å². The van der Waals surface area contributed by atoms with Crippen LogP contribution < -0.4 is 10.2 Å². The molecule has 1 aliphatic carbocycles. The maximum Gasteiger partial charge on any atom is 0.317 e. The van der Waals surface area contributed by atoms with Gasteiger partial charge in [0.15, 0.2) is 0 Å². The number of piperazine rings is 1. The summed E-state index contributed by atoms with van der Waals surface area (Å²) in [5.41, 5.74) is 3.69. The Morgan fingerprint density at radius 2 is 2.09 bits per heavy atom. The minimum Gasteiger partial charge on any atom is -0.395 e. The number of nitrogens with zero attached hydrogens (tertiary/aromatic N) is 4. The highest BCUT2D eigenvalue weighted by Gasteiger charge is 2.39. The zero-order valence-electron chi connectivity index (χ0n) is 19.6. The van der Waals surface area contributed by atoms with Gasteiger partial charge in [-0.1, -0.05) is 13.8 Å². The molecular weight excluding hydrogens is 406 g/mol. The molecule has 0 unspecified atom stereocenters. The third-order valence-corrected chi connectivity index (χ3v) is 6.85. The number of carbonyl (C=O) groups is 1. The zero-order valence-corrected chi connectivity index (χ0v) is 19.6. The first-order chi connectivity index (χ1) is 15.3. The fourth-order valence-electron chi connectivity index (χ4n) is 4.91. The monoisotopic (exact) mass is 441 g/mol. The van der Waals surface area contributed by atoms with Crippen molar-refractivity contribution in [3.05, 3.63) is 22.4 Å². The lowest BCUT2D eigenvalue weighted by molar-refractivity contribution is -0.0407. The number of aliphatic hydroxyl groups is 1. The summed E-state index contributed by atoms with van der Waals surface area (Å²) in [5, 5.41) is 22.0. The molecule has 2 aliphatic heterocycles. The van der Waals surface area contributed by atoms with Crippen molar-refractivity contribution in [2.24, 2.45) is 5.92 Å². The van der Waals surface area contributed by atoms with Crippen molar-refractivity contribution in [1.29, 1.82) is 5.26 Å². The molecular formula is C24H35N5O3. The van der Waals surface area contributed by atoms with Crippen LogP contribution in [0.2, 0.25) is 0 Å². The van der Waals surface area contributed by atoms with E-state index in [1.807, 2.05) is 4.90 Å². The van der Waals surface area contributed by atoms with E-state index in [2.05, 4.69) is 44.0 Å². The lowest BCUT2D eigenvalue weighted by atomic mass is 9.87. The van der Waals surface area contributed by atoms with E-state index in [-0.39, 0.29) is 36.7 Å². The number of anilines is 1. The first-order valence-corrected chi connectivity index (χ1v) is 11.8. The maximum atomic E-state index is 12.7. The smallest absolute Gasteiger partial charge is 0.317 e. The SMILES string of the molecule is CC(C)[C@@H]1CN(c2nc(C3CC3)c3c(c2C#N)CC(C)(C)OC3)CCN1C(=O)NCCO. The van der Waals surface area contributed by atoms with E-state index in [9.17, 15) is 10.1 Å². The number of amides is 2. The van der Waals surface area contributed by atoms with Crippen LogP contribution in [-0.4, -0.2) is 65.5 Å². The van der Waals surface area contributed by atoms with Gasteiger partial charge in [-0.05, 0) is 38.2 Å². The minimum absolute atomic E-state index is 0.00373. The molecule has 8 heteroatoms. The number of urea groups is 1. The minimum atomic E-state index is -0.304. The summed E-state index contributed by atoms with van der Waals surface area (Å²) < 4.78 is 6.08. The normalized spacial score (nSPS) is 22.5. The molecule has 0 spiro atoms. The van der Waals surface area contributed by atoms with E-state index < -0.39 is 0 Å². The molecule has 0 aromatic carbocycles. The second-order valence-electron chi connectivity index (χ2n) is 10.2. The number of aromatic nitrogens is 1. The highest BCUT2D eigenvalue weighted by Crippen LogP contribution is 2.45. The number of hydrogen-bond donors (Lipinski definition) is 2. The van der Waals surface area contributed by atoms with E-state index in [0.29, 0.717) is 44.1 Å². The van der Waals surface area contributed by atoms with E-state index in [1.54, 1.807) is 0 Å². The van der Waals surface area contributed by atoms with Crippen molar-refractivity contribution in [3.63, 3.8) is 0 Å². The Kier molecular flexibility index (Phi) is 6.33. The average Bonchev–Trinajstić information content (AvgIpc) is 3.60. The molecule has 0 radical (unpaired) electrons. The van der Waals surface area contributed by atoms with Crippen molar-refractivity contribution in [3.8, 4) is 6.07 Å². The van der Waals surface area contributed by atoms with Crippen molar-refractivity contribution in [2.45, 2.75) is 71.1 Å². The van der Waals surface area contributed by atoms with Gasteiger partial charge >= 0.3 is 6.03 Å². The molecule has 1 saturated heterocycles. The number of hydrogen-bond acceptors (Lipinski definition) is 6. The van der Waals surface area contributed by atoms with Gasteiger partial charge in [-0.15, -0.1) is 0 Å². The fraction of sp³-hybridized carbons (Fsp3) is 0.708. The summed E-state index contributed by atoms with van der Waals surface area (Å²) in [6.07, 6.45) is 2.99. The summed E-state index contributed by atoms with van der Waals surface area (Å²) in [5.74, 6) is 1.48. The van der Waals surface area contributed by atoms with Crippen LogP contribution in [0.4, 0.5) is 10.6 Å². The molecule has 2 N–H and O–H groups in total. The molecule has 1 aromatic rings. The van der Waals surface area contributed by atoms with E-state index in [1.165, 1.54) is 0 Å². The van der Waals surface area contributed by atoms with Gasteiger partial charge in [0.25, 0.3) is 0 Å². The Balaban J connectivity index is 1.68. The van der Waals surface area contributed by atoms with E-state index in [4.69, 9.17) is 14.8 Å². The van der Waals surface area contributed by atoms with Crippen LogP contribution in [0.3, 0.4) is 0 Å². The number of carbonyl (C=O) groups excluding carboxylic acids is 1. The molecule has 3 aliphatic rings. The second kappa shape index (κ2) is 8.87. The third-order valence-electron chi connectivity index (χ3n) is 6.85. The molecule has 1 aromatic heterocycles. The van der Waals surface area contributed by atoms with Gasteiger partial charge in [-0.25, -0.2) is 9.78 Å². The van der Waals surface area contributed by atoms with Crippen LogP contribution in [0.15, 0.2) is 0 Å². The van der Waals surface area contributed by atoms with Crippen molar-refractivity contribution in [2.75, 3.05) is 37.7 Å². The number of fused-ring (bicyclic) bond motifs is 1. The Morgan fingerprint density at radius 1 is 1.34 bits per heavy atom. The number of nitriles is 1. The Bertz CT molecular complexity index is 919. The fourth-order valence-corrected chi connectivity index (χ4v) is 4.91. The topological polar surface area (TPSA) is 102 Å². The highest BCUT2D eigenvalue weighted by atomic mass is 16.5. The summed E-state index contributed by atoms with van der Waals surface area (Å²) >= 11 is 0. The number of pyridine rings is 1. The number of rotatable bonds is 5. The largest absolute Gasteiger partial charge is 0.395 e. The number of ether oxygens (including phenoxy) is 1. The number of aliphatic hydroxyl groups excluding tert-OH is 1. The van der Waals surface area contributed by atoms with Crippen LogP contribution in [0.5, 0.6) is 0 Å². The van der Waals surface area contributed by atoms with Gasteiger partial charge < -0.3 is 25.0 Å². The molecule has 8 nitrogen and oxygen atoms in total. The van der Waals surface area contributed by atoms with E-state index in [0.717, 1.165) is 35.5 Å². The van der Waals surface area contributed by atoms with Gasteiger partial charge in [-0.2, -0.15) is 5.26 Å². The molecule has 174 valence electrons. The lowest BCUT2D eigenvalue weighted by Gasteiger charge is -2.44.